The summed E-state index contributed by atoms with van der Waals surface area (Å²) in [6, 6.07) is 0. The highest BCUT2D eigenvalue weighted by molar-refractivity contribution is 5.94. The predicted octanol–water partition coefficient (Wildman–Crippen LogP) is 3.30. The summed E-state index contributed by atoms with van der Waals surface area (Å²) < 4.78 is 17.0. The van der Waals surface area contributed by atoms with E-state index in [9.17, 15) is 19.2 Å². The minimum Gasteiger partial charge on any atom is -0.469 e. The van der Waals surface area contributed by atoms with Crippen LogP contribution in [0.15, 0.2) is 22.9 Å². The lowest BCUT2D eigenvalue weighted by Gasteiger charge is -2.55. The molecule has 0 radical (unpaired) electrons. The molecule has 6 rings (SSSR count). The van der Waals surface area contributed by atoms with Gasteiger partial charge in [-0.15, -0.1) is 0 Å². The van der Waals surface area contributed by atoms with E-state index in [1.165, 1.54) is 26.5 Å². The van der Waals surface area contributed by atoms with Crippen LogP contribution in [0.25, 0.3) is 0 Å². The minimum absolute atomic E-state index is 0.0581. The van der Waals surface area contributed by atoms with Gasteiger partial charge in [0.1, 0.15) is 12.7 Å². The lowest BCUT2D eigenvalue weighted by Crippen LogP contribution is -2.63. The smallest absolute Gasteiger partial charge is 0.309 e. The van der Waals surface area contributed by atoms with Crippen LogP contribution >= 0.6 is 0 Å². The lowest BCUT2D eigenvalue weighted by atomic mass is 9.52. The molecule has 0 aromatic rings. The van der Waals surface area contributed by atoms with E-state index in [1.807, 2.05) is 11.1 Å². The SMILES string of the molecule is COC(=O)C1CC23C(=O)N4C=C(CCC5=C2C1CC5)C3(COC(C)=O)C(OC(C)=O)CCC(C)C4. The third-order valence-electron chi connectivity index (χ3n) is 9.24. The van der Waals surface area contributed by atoms with Crippen molar-refractivity contribution in [3.05, 3.63) is 22.9 Å². The molecule has 6 unspecified atom stereocenters. The van der Waals surface area contributed by atoms with Crippen LogP contribution in [0, 0.1) is 28.6 Å². The molecule has 1 saturated heterocycles. The zero-order chi connectivity index (χ0) is 25.1. The van der Waals surface area contributed by atoms with E-state index in [0.29, 0.717) is 19.4 Å². The van der Waals surface area contributed by atoms with E-state index in [1.54, 1.807) is 0 Å². The molecule has 4 bridgehead atoms. The van der Waals surface area contributed by atoms with Gasteiger partial charge in [0.2, 0.25) is 5.91 Å². The molecule has 0 aromatic heterocycles. The predicted molar refractivity (Wildman–Crippen MR) is 124 cm³/mol. The molecule has 3 heterocycles. The standard InChI is InChI=1S/C27H35NO7/c1-15-5-10-22(35-17(3)30)27(14-34-16(2)29)19-8-6-18-7-9-20-21(24(31)33-4)11-26(27,23(18)20)25(32)28(12-15)13-19/h13,15,20-22H,5-12,14H2,1-4H3. The van der Waals surface area contributed by atoms with Gasteiger partial charge in [0.15, 0.2) is 0 Å². The summed E-state index contributed by atoms with van der Waals surface area (Å²) in [7, 11) is 1.39. The molecular formula is C27H35NO7. The molecule has 3 aliphatic carbocycles. The number of allylic oxidation sites excluding steroid dienone is 1. The molecule has 1 spiro atoms. The topological polar surface area (TPSA) is 99.2 Å². The lowest BCUT2D eigenvalue weighted by molar-refractivity contribution is -0.179. The van der Waals surface area contributed by atoms with Crippen LogP contribution in [-0.2, 0) is 33.4 Å². The summed E-state index contributed by atoms with van der Waals surface area (Å²) in [5.41, 5.74) is 1.09. The van der Waals surface area contributed by atoms with Crippen molar-refractivity contribution in [1.29, 1.82) is 0 Å². The zero-order valence-corrected chi connectivity index (χ0v) is 21.1. The van der Waals surface area contributed by atoms with Crippen LogP contribution in [0.3, 0.4) is 0 Å². The molecular weight excluding hydrogens is 450 g/mol. The van der Waals surface area contributed by atoms with Crippen LogP contribution in [0.2, 0.25) is 0 Å². The van der Waals surface area contributed by atoms with E-state index in [2.05, 4.69) is 6.92 Å². The van der Waals surface area contributed by atoms with E-state index in [4.69, 9.17) is 14.2 Å². The fourth-order valence-corrected chi connectivity index (χ4v) is 8.01. The molecule has 1 saturated carbocycles. The molecule has 8 heteroatoms. The van der Waals surface area contributed by atoms with Crippen molar-refractivity contribution >= 4 is 23.8 Å². The summed E-state index contributed by atoms with van der Waals surface area (Å²) >= 11 is 0. The fraction of sp³-hybridized carbons (Fsp3) is 0.704. The first-order chi connectivity index (χ1) is 16.7. The van der Waals surface area contributed by atoms with Gasteiger partial charge in [-0.05, 0) is 62.4 Å². The highest BCUT2D eigenvalue weighted by atomic mass is 16.6. The quantitative estimate of drug-likeness (QED) is 0.342. The monoisotopic (exact) mass is 485 g/mol. The number of methoxy groups -OCH3 is 1. The number of fused-ring (bicyclic) bond motifs is 4. The van der Waals surface area contributed by atoms with E-state index >= 15 is 0 Å². The second-order valence-corrected chi connectivity index (χ2v) is 11.0. The normalized spacial score (nSPS) is 37.5. The Kier molecular flexibility index (Phi) is 5.84. The molecule has 2 fully saturated rings. The zero-order valence-electron chi connectivity index (χ0n) is 21.1. The third-order valence-corrected chi connectivity index (χ3v) is 9.24. The molecule has 6 atom stereocenters. The Hall–Kier alpha value is -2.64. The second-order valence-electron chi connectivity index (χ2n) is 11.0. The number of carbonyl (C=O) groups excluding carboxylic acids is 4. The van der Waals surface area contributed by atoms with E-state index in [0.717, 1.165) is 36.8 Å². The first kappa shape index (κ1) is 24.1. The van der Waals surface area contributed by atoms with Gasteiger partial charge in [-0.2, -0.15) is 0 Å². The number of ether oxygens (including phenoxy) is 3. The molecule has 3 aliphatic heterocycles. The number of hydrogen-bond donors (Lipinski definition) is 0. The Labute approximate surface area is 206 Å². The first-order valence-corrected chi connectivity index (χ1v) is 12.8. The van der Waals surface area contributed by atoms with Gasteiger partial charge in [-0.3, -0.25) is 19.2 Å². The largest absolute Gasteiger partial charge is 0.469 e. The molecule has 8 nitrogen and oxygen atoms in total. The van der Waals surface area contributed by atoms with Gasteiger partial charge < -0.3 is 19.1 Å². The average molecular weight is 486 g/mol. The average Bonchev–Trinajstić information content (AvgIpc) is 3.36. The van der Waals surface area contributed by atoms with Crippen LogP contribution in [-0.4, -0.2) is 55.1 Å². The maximum Gasteiger partial charge on any atom is 0.309 e. The van der Waals surface area contributed by atoms with Crippen molar-refractivity contribution in [2.75, 3.05) is 20.3 Å². The van der Waals surface area contributed by atoms with E-state index in [-0.39, 0.29) is 36.7 Å². The van der Waals surface area contributed by atoms with Crippen molar-refractivity contribution in [3.8, 4) is 0 Å². The van der Waals surface area contributed by atoms with Gasteiger partial charge in [-0.25, -0.2) is 0 Å². The molecule has 1 amide bonds. The Morgan fingerprint density at radius 3 is 2.54 bits per heavy atom. The number of esters is 3. The van der Waals surface area contributed by atoms with Gasteiger partial charge in [0, 0.05) is 26.6 Å². The van der Waals surface area contributed by atoms with Gasteiger partial charge in [0.25, 0.3) is 0 Å². The third kappa shape index (κ3) is 3.31. The summed E-state index contributed by atoms with van der Waals surface area (Å²) in [4.78, 5) is 54.2. The highest BCUT2D eigenvalue weighted by Gasteiger charge is 2.74. The number of hydrogen-bond acceptors (Lipinski definition) is 7. The van der Waals surface area contributed by atoms with Crippen molar-refractivity contribution < 1.29 is 33.4 Å². The van der Waals surface area contributed by atoms with Crippen LogP contribution in [0.4, 0.5) is 0 Å². The second kappa shape index (κ2) is 8.49. The van der Waals surface area contributed by atoms with E-state index < -0.39 is 34.8 Å². The van der Waals surface area contributed by atoms with Gasteiger partial charge in [0.05, 0.1) is 23.9 Å². The number of nitrogens with zero attached hydrogens (tertiary/aromatic N) is 1. The Morgan fingerprint density at radius 2 is 1.86 bits per heavy atom. The highest BCUT2D eigenvalue weighted by Crippen LogP contribution is 2.71. The maximum atomic E-state index is 14.7. The Bertz CT molecular complexity index is 1040. The molecule has 6 aliphatic rings. The molecule has 35 heavy (non-hydrogen) atoms. The van der Waals surface area contributed by atoms with Gasteiger partial charge >= 0.3 is 17.9 Å². The van der Waals surface area contributed by atoms with Crippen molar-refractivity contribution in [2.24, 2.45) is 28.6 Å². The number of rotatable bonds is 4. The maximum absolute atomic E-state index is 14.7. The first-order valence-electron chi connectivity index (χ1n) is 12.8. The molecule has 190 valence electrons. The summed E-state index contributed by atoms with van der Waals surface area (Å²) in [6.45, 7) is 5.35. The number of amides is 1. The van der Waals surface area contributed by atoms with Crippen LogP contribution < -0.4 is 0 Å². The van der Waals surface area contributed by atoms with Crippen molar-refractivity contribution in [2.45, 2.75) is 71.8 Å². The van der Waals surface area contributed by atoms with Crippen LogP contribution in [0.5, 0.6) is 0 Å². The van der Waals surface area contributed by atoms with Crippen molar-refractivity contribution in [1.82, 2.24) is 4.90 Å². The summed E-state index contributed by atoms with van der Waals surface area (Å²) in [6.07, 6.45) is 6.02. The molecule has 0 N–H and O–H groups in total. The summed E-state index contributed by atoms with van der Waals surface area (Å²) in [5.74, 6) is -1.59. The van der Waals surface area contributed by atoms with Gasteiger partial charge in [-0.1, -0.05) is 18.1 Å². The van der Waals surface area contributed by atoms with Crippen molar-refractivity contribution in [3.63, 3.8) is 0 Å². The molecule has 0 aromatic carbocycles. The Balaban J connectivity index is 1.83. The Morgan fingerprint density at radius 1 is 1.09 bits per heavy atom. The van der Waals surface area contributed by atoms with Crippen LogP contribution in [0.1, 0.15) is 65.7 Å². The summed E-state index contributed by atoms with van der Waals surface area (Å²) in [5, 5.41) is 0. The number of carbonyl (C=O) groups is 4. The minimum atomic E-state index is -1.11. The fourth-order valence-electron chi connectivity index (χ4n) is 8.01.